The molecule has 106 valence electrons. The zero-order valence-corrected chi connectivity index (χ0v) is 12.9. The van der Waals surface area contributed by atoms with Gasteiger partial charge in [0.1, 0.15) is 5.75 Å². The highest BCUT2D eigenvalue weighted by Crippen LogP contribution is 2.29. The van der Waals surface area contributed by atoms with Gasteiger partial charge in [-0.2, -0.15) is 0 Å². The normalized spacial score (nSPS) is 12.5. The van der Waals surface area contributed by atoms with Gasteiger partial charge in [-0.05, 0) is 49.2 Å². The second-order valence-corrected chi connectivity index (χ2v) is 5.72. The molecule has 0 spiro atoms. The molecule has 0 fully saturated rings. The molecule has 0 heterocycles. The van der Waals surface area contributed by atoms with Crippen molar-refractivity contribution < 1.29 is 4.74 Å². The van der Waals surface area contributed by atoms with Gasteiger partial charge in [0.2, 0.25) is 0 Å². The van der Waals surface area contributed by atoms with E-state index >= 15 is 0 Å². The molecule has 0 amide bonds. The summed E-state index contributed by atoms with van der Waals surface area (Å²) < 4.78 is 5.61. The lowest BCUT2D eigenvalue weighted by atomic mass is 9.99. The van der Waals surface area contributed by atoms with Crippen molar-refractivity contribution in [3.8, 4) is 5.75 Å². The molecule has 0 aliphatic heterocycles. The van der Waals surface area contributed by atoms with Crippen LogP contribution in [0.2, 0.25) is 10.0 Å². The monoisotopic (exact) mass is 309 g/mol. The molecule has 1 unspecified atom stereocenters. The average molecular weight is 310 g/mol. The van der Waals surface area contributed by atoms with E-state index in [4.69, 9.17) is 33.7 Å². The van der Waals surface area contributed by atoms with Crippen LogP contribution in [0.25, 0.3) is 0 Å². The minimum Gasteiger partial charge on any atom is -0.491 e. The van der Waals surface area contributed by atoms with Crippen LogP contribution in [0.5, 0.6) is 5.75 Å². The molecule has 0 aliphatic carbocycles. The van der Waals surface area contributed by atoms with Crippen molar-refractivity contribution in [1.82, 2.24) is 0 Å². The fourth-order valence-corrected chi connectivity index (χ4v) is 2.49. The summed E-state index contributed by atoms with van der Waals surface area (Å²) in [5, 5.41) is 1.18. The Morgan fingerprint density at radius 1 is 1.00 bits per heavy atom. The lowest BCUT2D eigenvalue weighted by Crippen LogP contribution is -2.12. The predicted octanol–water partition coefficient (Wildman–Crippen LogP) is 4.83. The quantitative estimate of drug-likeness (QED) is 0.878. The first-order chi connectivity index (χ1) is 9.47. The maximum atomic E-state index is 6.25. The summed E-state index contributed by atoms with van der Waals surface area (Å²) in [4.78, 5) is 0. The van der Waals surface area contributed by atoms with Gasteiger partial charge < -0.3 is 10.5 Å². The largest absolute Gasteiger partial charge is 0.491 e. The van der Waals surface area contributed by atoms with Crippen molar-refractivity contribution >= 4 is 23.2 Å². The third-order valence-electron chi connectivity index (χ3n) is 2.91. The standard InChI is InChI=1S/C16H17Cl2NO/c1-10(2)20-13-6-3-11(4-7-13)16(19)14-8-5-12(17)9-15(14)18/h3-10,16H,19H2,1-2H3. The van der Waals surface area contributed by atoms with Gasteiger partial charge in [-0.1, -0.05) is 41.4 Å². The number of ether oxygens (including phenoxy) is 1. The molecule has 0 bridgehead atoms. The molecule has 1 atom stereocenters. The third kappa shape index (κ3) is 3.66. The summed E-state index contributed by atoms with van der Waals surface area (Å²) in [7, 11) is 0. The number of benzene rings is 2. The lowest BCUT2D eigenvalue weighted by molar-refractivity contribution is 0.242. The Labute approximate surface area is 129 Å². The van der Waals surface area contributed by atoms with Crippen LogP contribution in [-0.4, -0.2) is 6.10 Å². The molecule has 2 aromatic carbocycles. The maximum absolute atomic E-state index is 6.25. The van der Waals surface area contributed by atoms with Crippen LogP contribution in [0.3, 0.4) is 0 Å². The molecule has 0 radical (unpaired) electrons. The van der Waals surface area contributed by atoms with E-state index in [1.165, 1.54) is 0 Å². The highest BCUT2D eigenvalue weighted by atomic mass is 35.5. The van der Waals surface area contributed by atoms with Crippen LogP contribution >= 0.6 is 23.2 Å². The van der Waals surface area contributed by atoms with Crippen LogP contribution < -0.4 is 10.5 Å². The van der Waals surface area contributed by atoms with Crippen LogP contribution in [0.4, 0.5) is 0 Å². The SMILES string of the molecule is CC(C)Oc1ccc(C(N)c2ccc(Cl)cc2Cl)cc1. The fraction of sp³-hybridized carbons (Fsp3) is 0.250. The van der Waals surface area contributed by atoms with E-state index in [1.54, 1.807) is 12.1 Å². The van der Waals surface area contributed by atoms with Crippen molar-refractivity contribution in [3.05, 3.63) is 63.6 Å². The van der Waals surface area contributed by atoms with Gasteiger partial charge in [-0.3, -0.25) is 0 Å². The molecule has 2 nitrogen and oxygen atoms in total. The van der Waals surface area contributed by atoms with Gasteiger partial charge >= 0.3 is 0 Å². The summed E-state index contributed by atoms with van der Waals surface area (Å²) >= 11 is 12.1. The third-order valence-corrected chi connectivity index (χ3v) is 3.47. The molecular formula is C16H17Cl2NO. The zero-order valence-electron chi connectivity index (χ0n) is 11.4. The number of nitrogens with two attached hydrogens (primary N) is 1. The Bertz CT molecular complexity index is 582. The summed E-state index contributed by atoms with van der Waals surface area (Å²) in [5.41, 5.74) is 8.08. The maximum Gasteiger partial charge on any atom is 0.119 e. The number of halogens is 2. The second-order valence-electron chi connectivity index (χ2n) is 4.88. The van der Waals surface area contributed by atoms with Crippen molar-refractivity contribution in [2.75, 3.05) is 0 Å². The number of rotatable bonds is 4. The highest BCUT2D eigenvalue weighted by Gasteiger charge is 2.13. The Balaban J connectivity index is 2.22. The minimum atomic E-state index is -0.284. The molecule has 4 heteroatoms. The molecule has 0 aromatic heterocycles. The molecule has 0 saturated heterocycles. The van der Waals surface area contributed by atoms with E-state index in [0.717, 1.165) is 16.9 Å². The Morgan fingerprint density at radius 3 is 2.20 bits per heavy atom. The molecule has 0 aliphatic rings. The highest BCUT2D eigenvalue weighted by molar-refractivity contribution is 6.35. The van der Waals surface area contributed by atoms with Crippen molar-refractivity contribution in [1.29, 1.82) is 0 Å². The Morgan fingerprint density at radius 2 is 1.65 bits per heavy atom. The fourth-order valence-electron chi connectivity index (χ4n) is 1.96. The average Bonchev–Trinajstić information content (AvgIpc) is 2.38. The van der Waals surface area contributed by atoms with Crippen LogP contribution in [0, 0.1) is 0 Å². The van der Waals surface area contributed by atoms with Gasteiger partial charge in [0.15, 0.2) is 0 Å². The van der Waals surface area contributed by atoms with Gasteiger partial charge in [-0.25, -0.2) is 0 Å². The Hall–Kier alpha value is -1.22. The predicted molar refractivity (Wildman–Crippen MR) is 84.7 cm³/mol. The number of hydrogen-bond donors (Lipinski definition) is 1. The van der Waals surface area contributed by atoms with Crippen molar-refractivity contribution in [3.63, 3.8) is 0 Å². The smallest absolute Gasteiger partial charge is 0.119 e. The molecule has 2 aromatic rings. The summed E-state index contributed by atoms with van der Waals surface area (Å²) in [5.74, 6) is 0.832. The van der Waals surface area contributed by atoms with E-state index in [9.17, 15) is 0 Å². The van der Waals surface area contributed by atoms with E-state index in [2.05, 4.69) is 0 Å². The Kier molecular flexibility index (Phi) is 4.92. The summed E-state index contributed by atoms with van der Waals surface area (Å²) in [6, 6.07) is 12.8. The van der Waals surface area contributed by atoms with Crippen LogP contribution in [-0.2, 0) is 0 Å². The van der Waals surface area contributed by atoms with Crippen LogP contribution in [0.1, 0.15) is 31.0 Å². The summed E-state index contributed by atoms with van der Waals surface area (Å²) in [6.07, 6.45) is 0.153. The topological polar surface area (TPSA) is 35.2 Å². The van der Waals surface area contributed by atoms with Crippen molar-refractivity contribution in [2.24, 2.45) is 5.73 Å². The van der Waals surface area contributed by atoms with E-state index in [0.29, 0.717) is 10.0 Å². The van der Waals surface area contributed by atoms with Gasteiger partial charge in [0.05, 0.1) is 12.1 Å². The van der Waals surface area contributed by atoms with Gasteiger partial charge in [0, 0.05) is 10.0 Å². The first-order valence-corrected chi connectivity index (χ1v) is 7.20. The van der Waals surface area contributed by atoms with Gasteiger partial charge in [-0.15, -0.1) is 0 Å². The molecule has 0 saturated carbocycles. The zero-order chi connectivity index (χ0) is 14.7. The van der Waals surface area contributed by atoms with Crippen LogP contribution in [0.15, 0.2) is 42.5 Å². The molecular weight excluding hydrogens is 293 g/mol. The first kappa shape index (κ1) is 15.2. The van der Waals surface area contributed by atoms with Crippen molar-refractivity contribution in [2.45, 2.75) is 26.0 Å². The summed E-state index contributed by atoms with van der Waals surface area (Å²) in [6.45, 7) is 3.99. The van der Waals surface area contributed by atoms with E-state index in [-0.39, 0.29) is 12.1 Å². The lowest BCUT2D eigenvalue weighted by Gasteiger charge is -2.16. The molecule has 20 heavy (non-hydrogen) atoms. The molecule has 2 N–H and O–H groups in total. The molecule has 2 rings (SSSR count). The first-order valence-electron chi connectivity index (χ1n) is 6.44. The van der Waals surface area contributed by atoms with E-state index < -0.39 is 0 Å². The van der Waals surface area contributed by atoms with Gasteiger partial charge in [0.25, 0.3) is 0 Å². The number of hydrogen-bond acceptors (Lipinski definition) is 2. The second kappa shape index (κ2) is 6.49. The minimum absolute atomic E-state index is 0.153. The van der Waals surface area contributed by atoms with E-state index in [1.807, 2.05) is 44.2 Å².